The van der Waals surface area contributed by atoms with E-state index < -0.39 is 0 Å². The van der Waals surface area contributed by atoms with Gasteiger partial charge in [-0.2, -0.15) is 0 Å². The SMILES string of the molecule is CCOc1cccnc1C(=O)Nc1ccc(Cn2ccnc2C)cc1. The van der Waals surface area contributed by atoms with Crippen molar-refractivity contribution in [3.05, 3.63) is 72.1 Å². The van der Waals surface area contributed by atoms with Crippen molar-refractivity contribution in [2.24, 2.45) is 0 Å². The molecular formula is C19H20N4O2. The molecule has 128 valence electrons. The Balaban J connectivity index is 1.69. The number of anilines is 1. The number of imidazole rings is 1. The fraction of sp³-hybridized carbons (Fsp3) is 0.211. The van der Waals surface area contributed by atoms with Crippen LogP contribution in [0.3, 0.4) is 0 Å². The van der Waals surface area contributed by atoms with Gasteiger partial charge in [-0.1, -0.05) is 12.1 Å². The van der Waals surface area contributed by atoms with E-state index in [4.69, 9.17) is 4.74 Å². The molecule has 1 aromatic carbocycles. The maximum atomic E-state index is 12.4. The third kappa shape index (κ3) is 4.03. The van der Waals surface area contributed by atoms with Crippen LogP contribution in [0, 0.1) is 6.92 Å². The number of aromatic nitrogens is 3. The highest BCUT2D eigenvalue weighted by Crippen LogP contribution is 2.18. The monoisotopic (exact) mass is 336 g/mol. The van der Waals surface area contributed by atoms with Gasteiger partial charge in [-0.25, -0.2) is 9.97 Å². The topological polar surface area (TPSA) is 69.0 Å². The van der Waals surface area contributed by atoms with Crippen molar-refractivity contribution in [1.29, 1.82) is 0 Å². The molecule has 3 rings (SSSR count). The van der Waals surface area contributed by atoms with Crippen molar-refractivity contribution < 1.29 is 9.53 Å². The molecule has 2 aromatic heterocycles. The number of benzene rings is 1. The Morgan fingerprint density at radius 3 is 2.64 bits per heavy atom. The Labute approximate surface area is 146 Å². The molecule has 25 heavy (non-hydrogen) atoms. The van der Waals surface area contributed by atoms with Gasteiger partial charge in [0, 0.05) is 30.8 Å². The highest BCUT2D eigenvalue weighted by atomic mass is 16.5. The highest BCUT2D eigenvalue weighted by Gasteiger charge is 2.14. The van der Waals surface area contributed by atoms with E-state index >= 15 is 0 Å². The zero-order valence-corrected chi connectivity index (χ0v) is 14.3. The van der Waals surface area contributed by atoms with Crippen LogP contribution in [0.15, 0.2) is 55.0 Å². The van der Waals surface area contributed by atoms with Crippen LogP contribution in [0.5, 0.6) is 5.75 Å². The predicted molar refractivity (Wildman–Crippen MR) is 95.9 cm³/mol. The van der Waals surface area contributed by atoms with Crippen LogP contribution >= 0.6 is 0 Å². The van der Waals surface area contributed by atoms with E-state index in [-0.39, 0.29) is 11.6 Å². The van der Waals surface area contributed by atoms with E-state index in [2.05, 4.69) is 19.9 Å². The Hall–Kier alpha value is -3.15. The average molecular weight is 336 g/mol. The molecule has 1 amide bonds. The Morgan fingerprint density at radius 2 is 1.96 bits per heavy atom. The zero-order valence-electron chi connectivity index (χ0n) is 14.3. The molecule has 0 bridgehead atoms. The summed E-state index contributed by atoms with van der Waals surface area (Å²) in [7, 11) is 0. The maximum Gasteiger partial charge on any atom is 0.278 e. The van der Waals surface area contributed by atoms with Gasteiger partial charge in [0.15, 0.2) is 11.4 Å². The van der Waals surface area contributed by atoms with Crippen LogP contribution in [-0.2, 0) is 6.54 Å². The van der Waals surface area contributed by atoms with Crippen LogP contribution in [-0.4, -0.2) is 27.0 Å². The van der Waals surface area contributed by atoms with Crippen molar-refractivity contribution in [3.8, 4) is 5.75 Å². The van der Waals surface area contributed by atoms with Gasteiger partial charge in [0.05, 0.1) is 6.61 Å². The molecule has 0 saturated heterocycles. The van der Waals surface area contributed by atoms with Gasteiger partial charge in [0.2, 0.25) is 0 Å². The molecule has 0 saturated carbocycles. The summed E-state index contributed by atoms with van der Waals surface area (Å²) in [5.74, 6) is 1.16. The number of hydrogen-bond acceptors (Lipinski definition) is 4. The predicted octanol–water partition coefficient (Wildman–Crippen LogP) is 3.29. The molecule has 0 aliphatic heterocycles. The summed E-state index contributed by atoms with van der Waals surface area (Å²) in [6, 6.07) is 11.2. The number of hydrogen-bond donors (Lipinski definition) is 1. The van der Waals surface area contributed by atoms with Crippen molar-refractivity contribution >= 4 is 11.6 Å². The fourth-order valence-electron chi connectivity index (χ4n) is 2.48. The van der Waals surface area contributed by atoms with Crippen LogP contribution in [0.25, 0.3) is 0 Å². The number of aryl methyl sites for hydroxylation is 1. The first kappa shape index (κ1) is 16.7. The molecule has 0 atom stereocenters. The Kier molecular flexibility index (Phi) is 5.09. The lowest BCUT2D eigenvalue weighted by Crippen LogP contribution is -2.15. The molecule has 3 aromatic rings. The fourth-order valence-corrected chi connectivity index (χ4v) is 2.48. The van der Waals surface area contributed by atoms with Crippen LogP contribution < -0.4 is 10.1 Å². The molecule has 0 aliphatic rings. The zero-order chi connectivity index (χ0) is 17.6. The summed E-state index contributed by atoms with van der Waals surface area (Å²) < 4.78 is 7.52. The van der Waals surface area contributed by atoms with Crippen molar-refractivity contribution in [2.45, 2.75) is 20.4 Å². The van der Waals surface area contributed by atoms with Crippen molar-refractivity contribution in [3.63, 3.8) is 0 Å². The molecule has 2 heterocycles. The number of carbonyl (C=O) groups is 1. The second-order valence-corrected chi connectivity index (χ2v) is 5.54. The maximum absolute atomic E-state index is 12.4. The first-order valence-electron chi connectivity index (χ1n) is 8.13. The van der Waals surface area contributed by atoms with E-state index in [9.17, 15) is 4.79 Å². The summed E-state index contributed by atoms with van der Waals surface area (Å²) in [5.41, 5.74) is 2.12. The van der Waals surface area contributed by atoms with Gasteiger partial charge in [-0.3, -0.25) is 4.79 Å². The Morgan fingerprint density at radius 1 is 1.16 bits per heavy atom. The molecule has 6 heteroatoms. The van der Waals surface area contributed by atoms with Crippen LogP contribution in [0.4, 0.5) is 5.69 Å². The van der Waals surface area contributed by atoms with Gasteiger partial charge >= 0.3 is 0 Å². The summed E-state index contributed by atoms with van der Waals surface area (Å²) in [4.78, 5) is 20.8. The molecule has 0 fully saturated rings. The second kappa shape index (κ2) is 7.61. The van der Waals surface area contributed by atoms with E-state index in [0.717, 1.165) is 17.9 Å². The Bertz CT molecular complexity index is 856. The van der Waals surface area contributed by atoms with Gasteiger partial charge in [-0.15, -0.1) is 0 Å². The van der Waals surface area contributed by atoms with E-state index in [0.29, 0.717) is 18.0 Å². The van der Waals surface area contributed by atoms with Gasteiger partial charge in [-0.05, 0) is 43.7 Å². The number of amides is 1. The first-order chi connectivity index (χ1) is 12.2. The van der Waals surface area contributed by atoms with Crippen LogP contribution in [0.1, 0.15) is 28.8 Å². The average Bonchev–Trinajstić information content (AvgIpc) is 3.02. The highest BCUT2D eigenvalue weighted by molar-refractivity contribution is 6.04. The first-order valence-corrected chi connectivity index (χ1v) is 8.13. The molecule has 6 nitrogen and oxygen atoms in total. The number of rotatable bonds is 6. The standard InChI is InChI=1S/C19H20N4O2/c1-3-25-17-5-4-10-21-18(17)19(24)22-16-8-6-15(7-9-16)13-23-12-11-20-14(23)2/h4-12H,3,13H2,1-2H3,(H,22,24). The third-order valence-corrected chi connectivity index (χ3v) is 3.77. The minimum Gasteiger partial charge on any atom is -0.491 e. The molecule has 0 unspecified atom stereocenters. The number of nitrogens with zero attached hydrogens (tertiary/aromatic N) is 3. The number of carbonyl (C=O) groups excluding carboxylic acids is 1. The summed E-state index contributed by atoms with van der Waals surface area (Å²) in [5, 5.41) is 2.85. The van der Waals surface area contributed by atoms with E-state index in [1.54, 1.807) is 24.5 Å². The van der Waals surface area contributed by atoms with E-state index in [1.165, 1.54) is 0 Å². The largest absolute Gasteiger partial charge is 0.491 e. The summed E-state index contributed by atoms with van der Waals surface area (Å²) in [6.07, 6.45) is 5.31. The minimum atomic E-state index is -0.290. The van der Waals surface area contributed by atoms with Crippen LogP contribution in [0.2, 0.25) is 0 Å². The lowest BCUT2D eigenvalue weighted by molar-refractivity contribution is 0.101. The van der Waals surface area contributed by atoms with Gasteiger partial charge < -0.3 is 14.6 Å². The van der Waals surface area contributed by atoms with Crippen molar-refractivity contribution in [2.75, 3.05) is 11.9 Å². The van der Waals surface area contributed by atoms with E-state index in [1.807, 2.05) is 44.3 Å². The molecule has 0 aliphatic carbocycles. The summed E-state index contributed by atoms with van der Waals surface area (Å²) in [6.45, 7) is 5.07. The van der Waals surface area contributed by atoms with Crippen molar-refractivity contribution in [1.82, 2.24) is 14.5 Å². The quantitative estimate of drug-likeness (QED) is 0.750. The van der Waals surface area contributed by atoms with Gasteiger partial charge in [0.25, 0.3) is 5.91 Å². The number of ether oxygens (including phenoxy) is 1. The minimum absolute atomic E-state index is 0.280. The summed E-state index contributed by atoms with van der Waals surface area (Å²) >= 11 is 0. The smallest absolute Gasteiger partial charge is 0.278 e. The van der Waals surface area contributed by atoms with Gasteiger partial charge in [0.1, 0.15) is 5.82 Å². The molecule has 0 spiro atoms. The molecular weight excluding hydrogens is 316 g/mol. The molecule has 1 N–H and O–H groups in total. The normalized spacial score (nSPS) is 10.5. The third-order valence-electron chi connectivity index (χ3n) is 3.77. The number of pyridine rings is 1. The number of nitrogens with one attached hydrogen (secondary N) is 1. The molecule has 0 radical (unpaired) electrons. The second-order valence-electron chi connectivity index (χ2n) is 5.54. The lowest BCUT2D eigenvalue weighted by Gasteiger charge is -2.10. The lowest BCUT2D eigenvalue weighted by atomic mass is 10.2.